The Morgan fingerprint density at radius 1 is 1.33 bits per heavy atom. The molecule has 0 amide bonds. The summed E-state index contributed by atoms with van der Waals surface area (Å²) in [6.07, 6.45) is -0.734. The number of halogens is 3. The van der Waals surface area contributed by atoms with Crippen LogP contribution in [0.1, 0.15) is 25.1 Å². The SMILES string of the molecule is CCNC(CCN(CCO)CC(F)F)c1ccc(F)cn1. The van der Waals surface area contributed by atoms with Crippen LogP contribution >= 0.6 is 0 Å². The van der Waals surface area contributed by atoms with Crippen molar-refractivity contribution in [2.75, 3.05) is 32.8 Å². The van der Waals surface area contributed by atoms with Crippen LogP contribution in [-0.2, 0) is 0 Å². The summed E-state index contributed by atoms with van der Waals surface area (Å²) in [6.45, 7) is 2.71. The highest BCUT2D eigenvalue weighted by molar-refractivity contribution is 5.10. The first-order valence-corrected chi connectivity index (χ1v) is 7.03. The zero-order valence-corrected chi connectivity index (χ0v) is 12.1. The van der Waals surface area contributed by atoms with Crippen LogP contribution in [0.5, 0.6) is 0 Å². The van der Waals surface area contributed by atoms with Gasteiger partial charge in [0.2, 0.25) is 0 Å². The van der Waals surface area contributed by atoms with E-state index in [2.05, 4.69) is 10.3 Å². The smallest absolute Gasteiger partial charge is 0.251 e. The van der Waals surface area contributed by atoms with Gasteiger partial charge in [-0.2, -0.15) is 0 Å². The van der Waals surface area contributed by atoms with Crippen LogP contribution in [-0.4, -0.2) is 54.2 Å². The predicted octanol–water partition coefficient (Wildman–Crippen LogP) is 1.82. The molecule has 0 aliphatic carbocycles. The van der Waals surface area contributed by atoms with Gasteiger partial charge in [0.15, 0.2) is 0 Å². The quantitative estimate of drug-likeness (QED) is 0.692. The molecule has 1 atom stereocenters. The van der Waals surface area contributed by atoms with Gasteiger partial charge in [-0.05, 0) is 25.1 Å². The van der Waals surface area contributed by atoms with Gasteiger partial charge in [-0.25, -0.2) is 13.2 Å². The van der Waals surface area contributed by atoms with Crippen LogP contribution in [0.4, 0.5) is 13.2 Å². The molecule has 1 rings (SSSR count). The zero-order chi connectivity index (χ0) is 15.7. The topological polar surface area (TPSA) is 48.4 Å². The summed E-state index contributed by atoms with van der Waals surface area (Å²) in [5, 5.41) is 12.1. The maximum Gasteiger partial charge on any atom is 0.251 e. The van der Waals surface area contributed by atoms with Crippen LogP contribution in [0, 0.1) is 5.82 Å². The van der Waals surface area contributed by atoms with Crippen LogP contribution < -0.4 is 5.32 Å². The summed E-state index contributed by atoms with van der Waals surface area (Å²) >= 11 is 0. The van der Waals surface area contributed by atoms with Crippen molar-refractivity contribution >= 4 is 0 Å². The zero-order valence-electron chi connectivity index (χ0n) is 12.1. The molecule has 0 radical (unpaired) electrons. The highest BCUT2D eigenvalue weighted by Gasteiger charge is 2.16. The van der Waals surface area contributed by atoms with Crippen LogP contribution in [0.2, 0.25) is 0 Å². The van der Waals surface area contributed by atoms with E-state index in [0.717, 1.165) is 6.20 Å². The lowest BCUT2D eigenvalue weighted by Crippen LogP contribution is -2.35. The van der Waals surface area contributed by atoms with Gasteiger partial charge in [0, 0.05) is 13.1 Å². The minimum atomic E-state index is -2.43. The molecule has 4 nitrogen and oxygen atoms in total. The number of hydrogen-bond donors (Lipinski definition) is 2. The Balaban J connectivity index is 2.62. The van der Waals surface area contributed by atoms with E-state index in [4.69, 9.17) is 5.11 Å². The average molecular weight is 305 g/mol. The normalized spacial score (nSPS) is 13.1. The average Bonchev–Trinajstić information content (AvgIpc) is 2.44. The highest BCUT2D eigenvalue weighted by atomic mass is 19.3. The summed E-state index contributed by atoms with van der Waals surface area (Å²) in [6, 6.07) is 2.79. The molecule has 0 bridgehead atoms. The van der Waals surface area contributed by atoms with Crippen molar-refractivity contribution in [1.82, 2.24) is 15.2 Å². The number of aromatic nitrogens is 1. The van der Waals surface area contributed by atoms with E-state index in [0.29, 0.717) is 25.2 Å². The number of nitrogens with one attached hydrogen (secondary N) is 1. The maximum absolute atomic E-state index is 12.9. The van der Waals surface area contributed by atoms with Crippen molar-refractivity contribution in [3.63, 3.8) is 0 Å². The first-order valence-electron chi connectivity index (χ1n) is 7.03. The van der Waals surface area contributed by atoms with Gasteiger partial charge in [-0.1, -0.05) is 6.92 Å². The van der Waals surface area contributed by atoms with Gasteiger partial charge in [-0.15, -0.1) is 0 Å². The van der Waals surface area contributed by atoms with E-state index in [1.54, 1.807) is 6.07 Å². The lowest BCUT2D eigenvalue weighted by molar-refractivity contribution is 0.0761. The second-order valence-electron chi connectivity index (χ2n) is 4.72. The van der Waals surface area contributed by atoms with Crippen LogP contribution in [0.3, 0.4) is 0 Å². The molecule has 0 aliphatic heterocycles. The molecule has 0 aliphatic rings. The van der Waals surface area contributed by atoms with E-state index in [9.17, 15) is 13.2 Å². The summed E-state index contributed by atoms with van der Waals surface area (Å²) in [5.41, 5.74) is 0.680. The van der Waals surface area contributed by atoms with E-state index in [1.807, 2.05) is 6.92 Å². The summed E-state index contributed by atoms with van der Waals surface area (Å²) in [5.74, 6) is -0.409. The molecule has 1 aromatic heterocycles. The summed E-state index contributed by atoms with van der Waals surface area (Å²) < 4.78 is 37.8. The Morgan fingerprint density at radius 3 is 2.62 bits per heavy atom. The molecule has 0 fully saturated rings. The van der Waals surface area contributed by atoms with Crippen molar-refractivity contribution in [2.45, 2.75) is 25.8 Å². The van der Waals surface area contributed by atoms with Gasteiger partial charge in [-0.3, -0.25) is 9.88 Å². The Hall–Kier alpha value is -1.18. The highest BCUT2D eigenvalue weighted by Crippen LogP contribution is 2.15. The van der Waals surface area contributed by atoms with Gasteiger partial charge in [0.25, 0.3) is 6.43 Å². The number of hydrogen-bond acceptors (Lipinski definition) is 4. The second kappa shape index (κ2) is 9.70. The molecule has 0 saturated heterocycles. The van der Waals surface area contributed by atoms with Gasteiger partial charge >= 0.3 is 0 Å². The monoisotopic (exact) mass is 305 g/mol. The minimum absolute atomic E-state index is 0.130. The standard InChI is InChI=1S/C14H22F3N3O/c1-2-18-13(12-4-3-11(15)9-19-12)5-6-20(7-8-21)10-14(16)17/h3-4,9,13-14,18,21H,2,5-8,10H2,1H3. The number of nitrogens with zero attached hydrogens (tertiary/aromatic N) is 2. The van der Waals surface area contributed by atoms with Crippen molar-refractivity contribution < 1.29 is 18.3 Å². The Labute approximate surface area is 123 Å². The maximum atomic E-state index is 12.9. The fourth-order valence-electron chi connectivity index (χ4n) is 2.14. The van der Waals surface area contributed by atoms with Crippen molar-refractivity contribution in [1.29, 1.82) is 0 Å². The summed E-state index contributed by atoms with van der Waals surface area (Å²) in [7, 11) is 0. The molecule has 0 spiro atoms. The lowest BCUT2D eigenvalue weighted by Gasteiger charge is -2.24. The molecule has 1 heterocycles. The third kappa shape index (κ3) is 6.88. The molecular formula is C14H22F3N3O. The van der Waals surface area contributed by atoms with Crippen molar-refractivity contribution in [3.05, 3.63) is 29.8 Å². The predicted molar refractivity (Wildman–Crippen MR) is 74.8 cm³/mol. The lowest BCUT2D eigenvalue weighted by atomic mass is 10.1. The number of aliphatic hydroxyl groups excluding tert-OH is 1. The third-order valence-electron chi connectivity index (χ3n) is 3.10. The Bertz CT molecular complexity index is 390. The molecule has 1 unspecified atom stereocenters. The Kier molecular flexibility index (Phi) is 8.26. The van der Waals surface area contributed by atoms with Gasteiger partial charge in [0.05, 0.1) is 31.1 Å². The molecule has 1 aromatic rings. The number of rotatable bonds is 10. The summed E-state index contributed by atoms with van der Waals surface area (Å²) in [4.78, 5) is 5.54. The minimum Gasteiger partial charge on any atom is -0.395 e. The van der Waals surface area contributed by atoms with Gasteiger partial charge in [0.1, 0.15) is 5.82 Å². The number of aliphatic hydroxyl groups is 1. The molecule has 2 N–H and O–H groups in total. The second-order valence-corrected chi connectivity index (χ2v) is 4.72. The largest absolute Gasteiger partial charge is 0.395 e. The molecular weight excluding hydrogens is 283 g/mol. The molecule has 0 aromatic carbocycles. The molecule has 120 valence electrons. The van der Waals surface area contributed by atoms with Crippen LogP contribution in [0.15, 0.2) is 18.3 Å². The van der Waals surface area contributed by atoms with Crippen molar-refractivity contribution in [2.24, 2.45) is 0 Å². The first-order chi connectivity index (χ1) is 10.1. The Morgan fingerprint density at radius 2 is 2.10 bits per heavy atom. The third-order valence-corrected chi connectivity index (χ3v) is 3.10. The fraction of sp³-hybridized carbons (Fsp3) is 0.643. The first kappa shape index (κ1) is 17.9. The molecule has 21 heavy (non-hydrogen) atoms. The molecule has 7 heteroatoms. The molecule has 0 saturated carbocycles. The van der Waals surface area contributed by atoms with E-state index >= 15 is 0 Å². The van der Waals surface area contributed by atoms with Crippen molar-refractivity contribution in [3.8, 4) is 0 Å². The van der Waals surface area contributed by atoms with Crippen LogP contribution in [0.25, 0.3) is 0 Å². The number of alkyl halides is 2. The van der Waals surface area contributed by atoms with E-state index < -0.39 is 12.2 Å². The number of pyridine rings is 1. The fourth-order valence-corrected chi connectivity index (χ4v) is 2.14. The van der Waals surface area contributed by atoms with E-state index in [1.165, 1.54) is 11.0 Å². The van der Waals surface area contributed by atoms with E-state index in [-0.39, 0.29) is 25.7 Å². The van der Waals surface area contributed by atoms with Gasteiger partial charge < -0.3 is 10.4 Å².